The number of ketones is 1. The summed E-state index contributed by atoms with van der Waals surface area (Å²) in [5.74, 6) is -2.80. The van der Waals surface area contributed by atoms with Crippen LogP contribution in [0.1, 0.15) is 35.2 Å². The number of allylic oxidation sites excluding steroid dienone is 1. The van der Waals surface area contributed by atoms with Crippen LogP contribution in [0, 0.1) is 24.2 Å². The van der Waals surface area contributed by atoms with Crippen LogP contribution in [0.2, 0.25) is 0 Å². The molecule has 2 heterocycles. The number of hydrogen-bond acceptors (Lipinski definition) is 6. The summed E-state index contributed by atoms with van der Waals surface area (Å²) in [7, 11) is 1.29. The number of methoxy groups -OCH3 is 1. The maximum Gasteiger partial charge on any atom is 0.306 e. The van der Waals surface area contributed by atoms with Crippen molar-refractivity contribution < 1.29 is 28.7 Å². The minimum Gasteiger partial charge on any atom is -0.481 e. The number of ether oxygens (including phenoxy) is 2. The number of imide groups is 1. The molecule has 1 spiro atoms. The van der Waals surface area contributed by atoms with Gasteiger partial charge < -0.3 is 9.47 Å². The van der Waals surface area contributed by atoms with Crippen LogP contribution in [0.5, 0.6) is 5.75 Å². The van der Waals surface area contributed by atoms with E-state index < -0.39 is 34.7 Å². The van der Waals surface area contributed by atoms with E-state index in [2.05, 4.69) is 15.9 Å². The molecule has 2 fully saturated rings. The first kappa shape index (κ1) is 22.2. The second kappa shape index (κ2) is 7.37. The summed E-state index contributed by atoms with van der Waals surface area (Å²) in [6, 6.07) is 12.3. The van der Waals surface area contributed by atoms with E-state index in [1.807, 2.05) is 13.0 Å². The van der Waals surface area contributed by atoms with Crippen LogP contribution in [-0.2, 0) is 19.1 Å². The predicted molar refractivity (Wildman–Crippen MR) is 129 cm³/mol. The molecule has 178 valence electrons. The van der Waals surface area contributed by atoms with E-state index in [9.17, 15) is 19.2 Å². The number of carbonyl (C=O) groups excluding carboxylic acids is 4. The highest BCUT2D eigenvalue weighted by Gasteiger charge is 2.73. The summed E-state index contributed by atoms with van der Waals surface area (Å²) in [5.41, 5.74) is -0.227. The molecule has 5 aliphatic rings. The molecular formula is C27H22BrNO6. The Balaban J connectivity index is 1.57. The Morgan fingerprint density at radius 2 is 1.80 bits per heavy atom. The lowest BCUT2D eigenvalue weighted by atomic mass is 9.48. The molecule has 2 bridgehead atoms. The number of benzene rings is 2. The highest BCUT2D eigenvalue weighted by molar-refractivity contribution is 9.10. The fraction of sp³-hybridized carbons (Fsp3) is 0.333. The van der Waals surface area contributed by atoms with Gasteiger partial charge in [0.05, 0.1) is 36.6 Å². The van der Waals surface area contributed by atoms with E-state index in [-0.39, 0.29) is 18.1 Å². The fourth-order valence-corrected chi connectivity index (χ4v) is 6.74. The minimum atomic E-state index is -1.25. The van der Waals surface area contributed by atoms with Crippen molar-refractivity contribution in [2.45, 2.75) is 31.8 Å². The number of amides is 2. The monoisotopic (exact) mass is 535 g/mol. The van der Waals surface area contributed by atoms with Crippen LogP contribution < -0.4 is 9.64 Å². The lowest BCUT2D eigenvalue weighted by Gasteiger charge is -2.57. The van der Waals surface area contributed by atoms with Crippen molar-refractivity contribution in [2.24, 2.45) is 17.3 Å². The zero-order chi connectivity index (χ0) is 24.7. The molecule has 2 aliphatic heterocycles. The van der Waals surface area contributed by atoms with Crippen molar-refractivity contribution in [2.75, 3.05) is 12.0 Å². The molecule has 1 saturated heterocycles. The summed E-state index contributed by atoms with van der Waals surface area (Å²) in [6.45, 7) is 1.86. The second-order valence-corrected chi connectivity index (χ2v) is 10.7. The quantitative estimate of drug-likeness (QED) is 0.433. The molecule has 7 nitrogen and oxygen atoms in total. The molecule has 2 amide bonds. The molecule has 1 saturated carbocycles. The van der Waals surface area contributed by atoms with Gasteiger partial charge in [-0.15, -0.1) is 0 Å². The molecule has 0 N–H and O–H groups in total. The van der Waals surface area contributed by atoms with Crippen molar-refractivity contribution in [1.29, 1.82) is 0 Å². The van der Waals surface area contributed by atoms with E-state index in [1.54, 1.807) is 42.5 Å². The van der Waals surface area contributed by atoms with Gasteiger partial charge in [-0.25, -0.2) is 4.90 Å². The lowest BCUT2D eigenvalue weighted by molar-refractivity contribution is -0.154. The van der Waals surface area contributed by atoms with Gasteiger partial charge in [0.15, 0.2) is 5.78 Å². The number of carbonyl (C=O) groups is 4. The average Bonchev–Trinajstić information content (AvgIpc) is 3.13. The van der Waals surface area contributed by atoms with Gasteiger partial charge in [0.25, 0.3) is 0 Å². The molecule has 2 aromatic rings. The van der Waals surface area contributed by atoms with Crippen LogP contribution in [0.15, 0.2) is 58.6 Å². The Bertz CT molecular complexity index is 1360. The van der Waals surface area contributed by atoms with E-state index in [4.69, 9.17) is 9.47 Å². The first-order valence-corrected chi connectivity index (χ1v) is 12.3. The molecule has 35 heavy (non-hydrogen) atoms. The van der Waals surface area contributed by atoms with Gasteiger partial charge in [0, 0.05) is 15.5 Å². The van der Waals surface area contributed by atoms with Gasteiger partial charge in [-0.3, -0.25) is 19.2 Å². The van der Waals surface area contributed by atoms with Crippen molar-refractivity contribution in [1.82, 2.24) is 0 Å². The van der Waals surface area contributed by atoms with Gasteiger partial charge in [0.1, 0.15) is 11.4 Å². The number of halogens is 1. The van der Waals surface area contributed by atoms with E-state index in [0.717, 1.165) is 10.0 Å². The van der Waals surface area contributed by atoms with Crippen LogP contribution in [0.25, 0.3) is 0 Å². The number of para-hydroxylation sites is 1. The SMILES string of the molecule is COC(=O)C[C@]12C=C3C(=O)c4cccc(C)c4O[C@@]3(CC1)[C@H]1C(=O)N(c3ccc(Br)cc3)C(=O)[C@H]12. The van der Waals surface area contributed by atoms with Crippen LogP contribution in [0.4, 0.5) is 5.69 Å². The third-order valence-corrected chi connectivity index (χ3v) is 8.58. The molecule has 2 aromatic carbocycles. The number of Topliss-reactive ketones (excluding diaryl/α,β-unsaturated/α-hetero) is 1. The first-order valence-electron chi connectivity index (χ1n) is 11.5. The van der Waals surface area contributed by atoms with E-state index >= 15 is 0 Å². The number of esters is 1. The smallest absolute Gasteiger partial charge is 0.306 e. The Kier molecular flexibility index (Phi) is 4.68. The van der Waals surface area contributed by atoms with Crippen LogP contribution in [-0.4, -0.2) is 36.3 Å². The number of nitrogens with zero attached hydrogens (tertiary/aromatic N) is 1. The van der Waals surface area contributed by atoms with Crippen LogP contribution in [0.3, 0.4) is 0 Å². The Morgan fingerprint density at radius 1 is 1.09 bits per heavy atom. The molecule has 0 radical (unpaired) electrons. The number of rotatable bonds is 3. The first-order chi connectivity index (χ1) is 16.7. The minimum absolute atomic E-state index is 0.0919. The lowest BCUT2D eigenvalue weighted by Crippen LogP contribution is -2.64. The normalized spacial score (nSPS) is 30.3. The summed E-state index contributed by atoms with van der Waals surface area (Å²) >= 11 is 3.39. The molecule has 7 rings (SSSR count). The van der Waals surface area contributed by atoms with Gasteiger partial charge in [-0.2, -0.15) is 0 Å². The van der Waals surface area contributed by atoms with Gasteiger partial charge in [0.2, 0.25) is 11.8 Å². The third-order valence-electron chi connectivity index (χ3n) is 8.05. The summed E-state index contributed by atoms with van der Waals surface area (Å²) in [4.78, 5) is 55.5. The molecule has 3 aliphatic carbocycles. The summed E-state index contributed by atoms with van der Waals surface area (Å²) in [6.07, 6.45) is 2.43. The van der Waals surface area contributed by atoms with Crippen molar-refractivity contribution >= 4 is 45.2 Å². The topological polar surface area (TPSA) is 90.0 Å². The standard InChI is InChI=1S/C27H22BrNO6/c1-14-4-3-5-17-22(31)18-12-26(13-19(30)34-2)10-11-27(18,35-23(14)17)21-20(26)24(32)29(25(21)33)16-8-6-15(28)7-9-16/h3-9,12,20-21H,10-11,13H2,1-2H3/t20-,21+,26+,27+/m0/s1. The van der Waals surface area contributed by atoms with Crippen LogP contribution >= 0.6 is 15.9 Å². The maximum absolute atomic E-state index is 14.0. The highest BCUT2D eigenvalue weighted by atomic mass is 79.9. The van der Waals surface area contributed by atoms with Gasteiger partial charge in [-0.05, 0) is 55.7 Å². The Labute approximate surface area is 210 Å². The van der Waals surface area contributed by atoms with E-state index in [1.165, 1.54) is 12.0 Å². The second-order valence-electron chi connectivity index (χ2n) is 9.76. The number of aryl methyl sites for hydroxylation is 1. The summed E-state index contributed by atoms with van der Waals surface area (Å²) < 4.78 is 12.4. The molecule has 0 aromatic heterocycles. The predicted octanol–water partition coefficient (Wildman–Crippen LogP) is 4.16. The number of hydrogen-bond donors (Lipinski definition) is 0. The average molecular weight is 536 g/mol. The van der Waals surface area contributed by atoms with Gasteiger partial charge >= 0.3 is 5.97 Å². The third kappa shape index (κ3) is 2.83. The molecule has 0 unspecified atom stereocenters. The van der Waals surface area contributed by atoms with Crippen molar-refractivity contribution in [3.05, 3.63) is 69.7 Å². The largest absolute Gasteiger partial charge is 0.481 e. The summed E-state index contributed by atoms with van der Waals surface area (Å²) in [5, 5.41) is 0. The van der Waals surface area contributed by atoms with Crippen molar-refractivity contribution in [3.63, 3.8) is 0 Å². The molecule has 4 atom stereocenters. The Hall–Kier alpha value is -3.26. The van der Waals surface area contributed by atoms with E-state index in [0.29, 0.717) is 35.4 Å². The zero-order valence-corrected chi connectivity index (χ0v) is 20.8. The Morgan fingerprint density at radius 3 is 2.51 bits per heavy atom. The number of anilines is 1. The van der Waals surface area contributed by atoms with Gasteiger partial charge in [-0.1, -0.05) is 34.1 Å². The maximum atomic E-state index is 14.0. The fourth-order valence-electron chi connectivity index (χ4n) is 6.48. The number of fused-ring (bicyclic) bond motifs is 2. The molecular weight excluding hydrogens is 514 g/mol. The highest BCUT2D eigenvalue weighted by Crippen LogP contribution is 2.65. The molecule has 8 heteroatoms. The zero-order valence-electron chi connectivity index (χ0n) is 19.2. The van der Waals surface area contributed by atoms with Crippen molar-refractivity contribution in [3.8, 4) is 5.75 Å².